The number of anilines is 1. The number of Topliss-reactive ketones (excluding diaryl/α,β-unsaturated/α-hetero) is 1. The van der Waals surface area contributed by atoms with Crippen LogP contribution in [-0.4, -0.2) is 26.5 Å². The molecule has 0 fully saturated rings. The van der Waals surface area contributed by atoms with Crippen LogP contribution in [0.1, 0.15) is 33.3 Å². The summed E-state index contributed by atoms with van der Waals surface area (Å²) < 4.78 is 1.60. The summed E-state index contributed by atoms with van der Waals surface area (Å²) in [6.45, 7) is 3.27. The summed E-state index contributed by atoms with van der Waals surface area (Å²) in [5.74, 6) is 0.216. The molecule has 1 amide bonds. The molecule has 0 aliphatic carbocycles. The Bertz CT molecular complexity index is 900. The lowest BCUT2D eigenvalue weighted by Gasteiger charge is -2.09. The maximum absolute atomic E-state index is 12.6. The third kappa shape index (κ3) is 2.94. The van der Waals surface area contributed by atoms with Gasteiger partial charge in [-0.1, -0.05) is 18.2 Å². The lowest BCUT2D eigenvalue weighted by atomic mass is 10.1. The predicted octanol–water partition coefficient (Wildman–Crippen LogP) is 3.03. The van der Waals surface area contributed by atoms with Crippen LogP contribution in [0.5, 0.6) is 0 Å². The Kier molecular flexibility index (Phi) is 4.20. The number of rotatable bonds is 4. The molecule has 0 aliphatic heterocycles. The lowest BCUT2D eigenvalue weighted by Crippen LogP contribution is -2.15. The summed E-state index contributed by atoms with van der Waals surface area (Å²) in [4.78, 5) is 28.5. The van der Waals surface area contributed by atoms with E-state index in [1.165, 1.54) is 13.1 Å². The van der Waals surface area contributed by atoms with Crippen LogP contribution >= 0.6 is 0 Å². The van der Waals surface area contributed by atoms with Gasteiger partial charge in [0.25, 0.3) is 5.91 Å². The number of benzene rings is 1. The molecular weight excluding hydrogens is 304 g/mol. The van der Waals surface area contributed by atoms with Gasteiger partial charge in [-0.15, -0.1) is 0 Å². The summed E-state index contributed by atoms with van der Waals surface area (Å²) in [6, 6.07) is 12.4. The van der Waals surface area contributed by atoms with Crippen molar-refractivity contribution in [1.29, 1.82) is 0 Å². The molecular formula is C18H16N4O2. The van der Waals surface area contributed by atoms with Crippen LogP contribution < -0.4 is 5.32 Å². The van der Waals surface area contributed by atoms with E-state index >= 15 is 0 Å². The predicted molar refractivity (Wildman–Crippen MR) is 90.5 cm³/mol. The molecule has 0 radical (unpaired) electrons. The Morgan fingerprint density at radius 2 is 1.79 bits per heavy atom. The first-order valence-electron chi connectivity index (χ1n) is 7.45. The van der Waals surface area contributed by atoms with Gasteiger partial charge in [0, 0.05) is 11.8 Å². The molecule has 2 aromatic heterocycles. The van der Waals surface area contributed by atoms with Crippen molar-refractivity contribution >= 4 is 17.4 Å². The van der Waals surface area contributed by atoms with E-state index in [1.807, 2.05) is 18.2 Å². The van der Waals surface area contributed by atoms with E-state index in [1.54, 1.807) is 42.1 Å². The fourth-order valence-electron chi connectivity index (χ4n) is 2.43. The van der Waals surface area contributed by atoms with Crippen molar-refractivity contribution in [1.82, 2.24) is 14.8 Å². The van der Waals surface area contributed by atoms with Crippen molar-refractivity contribution in [2.75, 3.05) is 5.32 Å². The maximum Gasteiger partial charge on any atom is 0.259 e. The average molecular weight is 320 g/mol. The molecule has 0 atom stereocenters. The average Bonchev–Trinajstić information content (AvgIpc) is 2.97. The normalized spacial score (nSPS) is 10.4. The quantitative estimate of drug-likeness (QED) is 0.750. The van der Waals surface area contributed by atoms with Gasteiger partial charge in [0.15, 0.2) is 11.6 Å². The van der Waals surface area contributed by atoms with Crippen molar-refractivity contribution < 1.29 is 9.59 Å². The highest BCUT2D eigenvalue weighted by Gasteiger charge is 2.17. The van der Waals surface area contributed by atoms with Gasteiger partial charge in [0.1, 0.15) is 0 Å². The molecule has 2 heterocycles. The van der Waals surface area contributed by atoms with E-state index < -0.39 is 0 Å². The van der Waals surface area contributed by atoms with Crippen LogP contribution in [0.15, 0.2) is 54.9 Å². The smallest absolute Gasteiger partial charge is 0.259 e. The Hall–Kier alpha value is -3.28. The van der Waals surface area contributed by atoms with Crippen LogP contribution in [-0.2, 0) is 0 Å². The minimum atomic E-state index is -0.316. The third-order valence-corrected chi connectivity index (χ3v) is 3.68. The fourth-order valence-corrected chi connectivity index (χ4v) is 2.43. The molecule has 0 saturated heterocycles. The van der Waals surface area contributed by atoms with Gasteiger partial charge >= 0.3 is 0 Å². The minimum Gasteiger partial charge on any atom is -0.321 e. The summed E-state index contributed by atoms with van der Waals surface area (Å²) >= 11 is 0. The van der Waals surface area contributed by atoms with Crippen LogP contribution in [0.2, 0.25) is 0 Å². The fraction of sp³-hybridized carbons (Fsp3) is 0.111. The maximum atomic E-state index is 12.6. The SMILES string of the molecule is CC(=O)c1ccccc1NC(=O)c1cnn(-c2ccccn2)c1C. The number of amides is 1. The van der Waals surface area contributed by atoms with E-state index in [4.69, 9.17) is 0 Å². The number of nitrogens with one attached hydrogen (secondary N) is 1. The molecule has 6 heteroatoms. The van der Waals surface area contributed by atoms with Gasteiger partial charge in [-0.05, 0) is 38.1 Å². The zero-order chi connectivity index (χ0) is 17.1. The Balaban J connectivity index is 1.90. The van der Waals surface area contributed by atoms with Crippen LogP contribution in [0.25, 0.3) is 5.82 Å². The zero-order valence-corrected chi connectivity index (χ0v) is 13.4. The number of para-hydroxylation sites is 1. The van der Waals surface area contributed by atoms with Crippen molar-refractivity contribution in [3.8, 4) is 5.82 Å². The van der Waals surface area contributed by atoms with Crippen molar-refractivity contribution in [3.05, 3.63) is 71.7 Å². The highest BCUT2D eigenvalue weighted by molar-refractivity contribution is 6.09. The highest BCUT2D eigenvalue weighted by atomic mass is 16.2. The minimum absolute atomic E-state index is 0.105. The second-order valence-electron chi connectivity index (χ2n) is 5.30. The summed E-state index contributed by atoms with van der Waals surface area (Å²) in [5.41, 5.74) is 2.06. The first-order chi connectivity index (χ1) is 11.6. The van der Waals surface area contributed by atoms with Crippen molar-refractivity contribution in [2.45, 2.75) is 13.8 Å². The molecule has 1 N–H and O–H groups in total. The molecule has 6 nitrogen and oxygen atoms in total. The van der Waals surface area contributed by atoms with Crippen LogP contribution in [0, 0.1) is 6.92 Å². The van der Waals surface area contributed by atoms with Gasteiger partial charge in [0.2, 0.25) is 0 Å². The van der Waals surface area contributed by atoms with E-state index in [0.717, 1.165) is 0 Å². The first-order valence-corrected chi connectivity index (χ1v) is 7.45. The molecule has 0 saturated carbocycles. The molecule has 120 valence electrons. The van der Waals surface area contributed by atoms with E-state index in [-0.39, 0.29) is 11.7 Å². The van der Waals surface area contributed by atoms with Gasteiger partial charge < -0.3 is 5.32 Å². The molecule has 0 aliphatic rings. The topological polar surface area (TPSA) is 76.9 Å². The number of carbonyl (C=O) groups is 2. The van der Waals surface area contributed by atoms with Gasteiger partial charge in [-0.3, -0.25) is 9.59 Å². The number of ketones is 1. The largest absolute Gasteiger partial charge is 0.321 e. The lowest BCUT2D eigenvalue weighted by molar-refractivity contribution is 0.101. The van der Waals surface area contributed by atoms with Gasteiger partial charge in [0.05, 0.1) is 23.1 Å². The van der Waals surface area contributed by atoms with E-state index in [0.29, 0.717) is 28.3 Å². The number of nitrogens with zero attached hydrogens (tertiary/aromatic N) is 3. The molecule has 3 aromatic rings. The standard InChI is InChI=1S/C18H16N4O2/c1-12-15(11-20-22(12)17-9-5-6-10-19-17)18(24)21-16-8-4-3-7-14(16)13(2)23/h3-11H,1-2H3,(H,21,24). The summed E-state index contributed by atoms with van der Waals surface area (Å²) in [6.07, 6.45) is 3.16. The summed E-state index contributed by atoms with van der Waals surface area (Å²) in [5, 5.41) is 7.01. The van der Waals surface area contributed by atoms with Crippen LogP contribution in [0.3, 0.4) is 0 Å². The Morgan fingerprint density at radius 1 is 1.04 bits per heavy atom. The third-order valence-electron chi connectivity index (χ3n) is 3.68. The van der Waals surface area contributed by atoms with Gasteiger partial charge in [-0.2, -0.15) is 5.10 Å². The molecule has 3 rings (SSSR count). The van der Waals surface area contributed by atoms with Crippen LogP contribution in [0.4, 0.5) is 5.69 Å². The van der Waals surface area contributed by atoms with Crippen molar-refractivity contribution in [2.24, 2.45) is 0 Å². The van der Waals surface area contributed by atoms with E-state index in [2.05, 4.69) is 15.4 Å². The number of hydrogen-bond acceptors (Lipinski definition) is 4. The second-order valence-corrected chi connectivity index (χ2v) is 5.30. The van der Waals surface area contributed by atoms with Gasteiger partial charge in [-0.25, -0.2) is 9.67 Å². The Morgan fingerprint density at radius 3 is 2.50 bits per heavy atom. The Labute approximate surface area is 139 Å². The van der Waals surface area contributed by atoms with E-state index in [9.17, 15) is 9.59 Å². The highest BCUT2D eigenvalue weighted by Crippen LogP contribution is 2.18. The summed E-state index contributed by atoms with van der Waals surface area (Å²) in [7, 11) is 0. The first kappa shape index (κ1) is 15.6. The number of hydrogen-bond donors (Lipinski definition) is 1. The zero-order valence-electron chi connectivity index (χ0n) is 13.4. The number of carbonyl (C=O) groups excluding carboxylic acids is 2. The van der Waals surface area contributed by atoms with Crippen molar-refractivity contribution in [3.63, 3.8) is 0 Å². The second kappa shape index (κ2) is 6.45. The number of pyridine rings is 1. The number of aromatic nitrogens is 3. The molecule has 0 unspecified atom stereocenters. The molecule has 24 heavy (non-hydrogen) atoms. The molecule has 1 aromatic carbocycles. The molecule has 0 bridgehead atoms. The monoisotopic (exact) mass is 320 g/mol. The molecule has 0 spiro atoms.